The summed E-state index contributed by atoms with van der Waals surface area (Å²) < 4.78 is 10.2. The molecule has 0 saturated heterocycles. The average Bonchev–Trinajstić information content (AvgIpc) is 2.45. The number of benzene rings is 1. The van der Waals surface area contributed by atoms with Crippen molar-refractivity contribution in [3.8, 4) is 5.75 Å². The van der Waals surface area contributed by atoms with Gasteiger partial charge in [0, 0.05) is 13.0 Å². The van der Waals surface area contributed by atoms with Crippen LogP contribution in [0.1, 0.15) is 26.2 Å². The predicted octanol–water partition coefficient (Wildman–Crippen LogP) is 1.91. The molecule has 0 saturated carbocycles. The number of hydrogen-bond donors (Lipinski definition) is 1. The van der Waals surface area contributed by atoms with Crippen molar-refractivity contribution in [3.05, 3.63) is 30.3 Å². The fourth-order valence-corrected chi connectivity index (χ4v) is 1.56. The summed E-state index contributed by atoms with van der Waals surface area (Å²) in [4.78, 5) is 22.5. The molecule has 0 aromatic heterocycles. The Balaban J connectivity index is 2.01. The fraction of sp³-hybridized carbons (Fsp3) is 0.467. The van der Waals surface area contributed by atoms with Crippen molar-refractivity contribution in [2.45, 2.75) is 26.2 Å². The summed E-state index contributed by atoms with van der Waals surface area (Å²) in [6.07, 6.45) is 1.23. The number of esters is 1. The second-order valence-corrected chi connectivity index (χ2v) is 4.17. The van der Waals surface area contributed by atoms with E-state index in [1.54, 1.807) is 6.92 Å². The first-order chi connectivity index (χ1) is 9.72. The Hall–Kier alpha value is -2.04. The zero-order valence-electron chi connectivity index (χ0n) is 11.8. The molecule has 0 aliphatic rings. The van der Waals surface area contributed by atoms with Gasteiger partial charge in [-0.15, -0.1) is 0 Å². The highest BCUT2D eigenvalue weighted by Crippen LogP contribution is 2.08. The van der Waals surface area contributed by atoms with Crippen LogP contribution in [0, 0.1) is 0 Å². The van der Waals surface area contributed by atoms with Crippen LogP contribution in [0.25, 0.3) is 0 Å². The van der Waals surface area contributed by atoms with Crippen LogP contribution in [0.2, 0.25) is 0 Å². The van der Waals surface area contributed by atoms with E-state index < -0.39 is 0 Å². The molecular weight excluding hydrogens is 258 g/mol. The van der Waals surface area contributed by atoms with Gasteiger partial charge in [-0.1, -0.05) is 18.2 Å². The molecule has 0 radical (unpaired) electrons. The first-order valence-electron chi connectivity index (χ1n) is 6.82. The Bertz CT molecular complexity index is 406. The maximum absolute atomic E-state index is 11.5. The van der Waals surface area contributed by atoms with Crippen LogP contribution in [-0.2, 0) is 14.3 Å². The van der Waals surface area contributed by atoms with Crippen molar-refractivity contribution in [1.82, 2.24) is 5.32 Å². The Morgan fingerprint density at radius 3 is 2.60 bits per heavy atom. The first kappa shape index (κ1) is 16.0. The number of hydrogen-bond acceptors (Lipinski definition) is 4. The SMILES string of the molecule is CCOC(=O)CCNC(=O)CCCOc1ccccc1. The highest BCUT2D eigenvalue weighted by atomic mass is 16.5. The van der Waals surface area contributed by atoms with E-state index in [1.165, 1.54) is 0 Å². The molecule has 1 N–H and O–H groups in total. The molecule has 1 aromatic carbocycles. The van der Waals surface area contributed by atoms with Crippen LogP contribution in [0.3, 0.4) is 0 Å². The lowest BCUT2D eigenvalue weighted by atomic mass is 10.3. The molecule has 0 heterocycles. The summed E-state index contributed by atoms with van der Waals surface area (Å²) >= 11 is 0. The van der Waals surface area contributed by atoms with Crippen LogP contribution in [0.4, 0.5) is 0 Å². The molecule has 0 bridgehead atoms. The lowest BCUT2D eigenvalue weighted by Crippen LogP contribution is -2.26. The summed E-state index contributed by atoms with van der Waals surface area (Å²) in [6, 6.07) is 9.47. The molecule has 0 aliphatic carbocycles. The summed E-state index contributed by atoms with van der Waals surface area (Å²) in [6.45, 7) is 2.93. The maximum atomic E-state index is 11.5. The summed E-state index contributed by atoms with van der Waals surface area (Å²) in [5.74, 6) is 0.432. The Morgan fingerprint density at radius 1 is 1.15 bits per heavy atom. The molecule has 0 atom stereocenters. The average molecular weight is 279 g/mol. The van der Waals surface area contributed by atoms with Gasteiger partial charge in [-0.3, -0.25) is 9.59 Å². The van der Waals surface area contributed by atoms with Crippen LogP contribution in [0.15, 0.2) is 30.3 Å². The number of carbonyl (C=O) groups excluding carboxylic acids is 2. The number of amides is 1. The van der Waals surface area contributed by atoms with E-state index in [0.717, 1.165) is 5.75 Å². The van der Waals surface area contributed by atoms with Crippen LogP contribution < -0.4 is 10.1 Å². The Morgan fingerprint density at radius 2 is 1.90 bits per heavy atom. The minimum absolute atomic E-state index is 0.0778. The van der Waals surface area contributed by atoms with Gasteiger partial charge < -0.3 is 14.8 Å². The lowest BCUT2D eigenvalue weighted by Gasteiger charge is -2.07. The molecule has 0 spiro atoms. The molecule has 5 nitrogen and oxygen atoms in total. The molecule has 1 rings (SSSR count). The van der Waals surface area contributed by atoms with E-state index in [0.29, 0.717) is 32.6 Å². The second-order valence-electron chi connectivity index (χ2n) is 4.17. The predicted molar refractivity (Wildman–Crippen MR) is 75.4 cm³/mol. The summed E-state index contributed by atoms with van der Waals surface area (Å²) in [7, 11) is 0. The van der Waals surface area contributed by atoms with Gasteiger partial charge >= 0.3 is 5.97 Å². The van der Waals surface area contributed by atoms with E-state index in [-0.39, 0.29) is 18.3 Å². The van der Waals surface area contributed by atoms with E-state index in [9.17, 15) is 9.59 Å². The fourth-order valence-electron chi connectivity index (χ4n) is 1.56. The lowest BCUT2D eigenvalue weighted by molar-refractivity contribution is -0.143. The van der Waals surface area contributed by atoms with Gasteiger partial charge in [0.1, 0.15) is 5.75 Å². The van der Waals surface area contributed by atoms with Crippen molar-refractivity contribution < 1.29 is 19.1 Å². The molecule has 5 heteroatoms. The van der Waals surface area contributed by atoms with E-state index in [4.69, 9.17) is 9.47 Å². The third-order valence-electron chi connectivity index (χ3n) is 2.52. The molecule has 0 aliphatic heterocycles. The van der Waals surface area contributed by atoms with Gasteiger partial charge in [-0.25, -0.2) is 0 Å². The molecule has 0 fully saturated rings. The normalized spacial score (nSPS) is 9.85. The molecule has 1 amide bonds. The van der Waals surface area contributed by atoms with Gasteiger partial charge in [0.2, 0.25) is 5.91 Å². The smallest absolute Gasteiger partial charge is 0.307 e. The maximum Gasteiger partial charge on any atom is 0.307 e. The number of rotatable bonds is 9. The molecule has 110 valence electrons. The van der Waals surface area contributed by atoms with Crippen LogP contribution in [0.5, 0.6) is 5.75 Å². The van der Waals surface area contributed by atoms with Crippen molar-refractivity contribution >= 4 is 11.9 Å². The quantitative estimate of drug-likeness (QED) is 0.554. The van der Waals surface area contributed by atoms with Gasteiger partial charge in [0.15, 0.2) is 0 Å². The van der Waals surface area contributed by atoms with Gasteiger partial charge in [0.25, 0.3) is 0 Å². The second kappa shape index (κ2) is 9.83. The number of ether oxygens (including phenoxy) is 2. The third kappa shape index (κ3) is 7.41. The molecule has 0 unspecified atom stereocenters. The van der Waals surface area contributed by atoms with Gasteiger partial charge in [-0.2, -0.15) is 0 Å². The zero-order chi connectivity index (χ0) is 14.6. The van der Waals surface area contributed by atoms with Crippen molar-refractivity contribution in [1.29, 1.82) is 0 Å². The summed E-state index contributed by atoms with van der Waals surface area (Å²) in [5, 5.41) is 2.68. The Kier molecular flexibility index (Phi) is 7.87. The third-order valence-corrected chi connectivity index (χ3v) is 2.52. The minimum atomic E-state index is -0.291. The van der Waals surface area contributed by atoms with E-state index >= 15 is 0 Å². The van der Waals surface area contributed by atoms with Crippen molar-refractivity contribution in [3.63, 3.8) is 0 Å². The molecular formula is C15H21NO4. The zero-order valence-corrected chi connectivity index (χ0v) is 11.8. The van der Waals surface area contributed by atoms with Gasteiger partial charge in [-0.05, 0) is 25.5 Å². The topological polar surface area (TPSA) is 64.6 Å². The van der Waals surface area contributed by atoms with Gasteiger partial charge in [0.05, 0.1) is 19.6 Å². The van der Waals surface area contributed by atoms with E-state index in [1.807, 2.05) is 30.3 Å². The minimum Gasteiger partial charge on any atom is -0.494 e. The highest BCUT2D eigenvalue weighted by Gasteiger charge is 2.04. The molecule has 20 heavy (non-hydrogen) atoms. The molecule has 1 aromatic rings. The van der Waals surface area contributed by atoms with Crippen molar-refractivity contribution in [2.24, 2.45) is 0 Å². The van der Waals surface area contributed by atoms with Crippen LogP contribution >= 0.6 is 0 Å². The largest absolute Gasteiger partial charge is 0.494 e. The Labute approximate surface area is 119 Å². The number of para-hydroxylation sites is 1. The number of carbonyl (C=O) groups is 2. The van der Waals surface area contributed by atoms with Crippen LogP contribution in [-0.4, -0.2) is 31.6 Å². The first-order valence-corrected chi connectivity index (χ1v) is 6.82. The summed E-state index contributed by atoms with van der Waals surface area (Å²) in [5.41, 5.74) is 0. The highest BCUT2D eigenvalue weighted by molar-refractivity contribution is 5.77. The van der Waals surface area contributed by atoms with E-state index in [2.05, 4.69) is 5.32 Å². The van der Waals surface area contributed by atoms with Crippen molar-refractivity contribution in [2.75, 3.05) is 19.8 Å². The number of nitrogens with one attached hydrogen (secondary N) is 1. The standard InChI is InChI=1S/C15H21NO4/c1-2-19-15(18)10-11-16-14(17)9-6-12-20-13-7-4-3-5-8-13/h3-5,7-8H,2,6,9-12H2,1H3,(H,16,17). The monoisotopic (exact) mass is 279 g/mol.